The number of benzene rings is 2. The Morgan fingerprint density at radius 3 is 2.23 bits per heavy atom. The minimum absolute atomic E-state index is 0.500. The van der Waals surface area contributed by atoms with Crippen LogP contribution in [0.2, 0.25) is 0 Å². The molecule has 26 heavy (non-hydrogen) atoms. The van der Waals surface area contributed by atoms with Crippen LogP contribution in [-0.4, -0.2) is 26.7 Å². The van der Waals surface area contributed by atoms with Crippen LogP contribution < -0.4 is 10.2 Å². The quantitative estimate of drug-likeness (QED) is 0.660. The van der Waals surface area contributed by atoms with E-state index in [4.69, 9.17) is 0 Å². The molecule has 0 aliphatic heterocycles. The first kappa shape index (κ1) is 18.8. The normalized spacial score (nSPS) is 15.1. The van der Waals surface area contributed by atoms with Crippen molar-refractivity contribution < 1.29 is 8.78 Å². The maximum absolute atomic E-state index is 13.4. The molecule has 0 radical (unpaired) electrons. The van der Waals surface area contributed by atoms with Gasteiger partial charge in [-0.1, -0.05) is 25.0 Å². The Morgan fingerprint density at radius 1 is 1.00 bits per heavy atom. The Hall–Kier alpha value is -1.94. The van der Waals surface area contributed by atoms with E-state index in [-0.39, 0.29) is 0 Å². The van der Waals surface area contributed by atoms with Crippen molar-refractivity contribution in [2.75, 3.05) is 25.5 Å². The van der Waals surface area contributed by atoms with Crippen molar-refractivity contribution in [3.63, 3.8) is 0 Å². The van der Waals surface area contributed by atoms with E-state index in [9.17, 15) is 8.78 Å². The molecule has 2 nitrogen and oxygen atoms in total. The number of anilines is 1. The standard InChI is InChI=1S/C22H28F2N2/c1-25-12-11-22(8-5-16-3-4-16)26(2)21-9-6-17(7-10-21)18-13-19(23)15-20(24)14-18/h6-7,9-10,13-16,22,25H,3-5,8,11-12H2,1-2H3. The van der Waals surface area contributed by atoms with Crippen LogP contribution in [0, 0.1) is 17.6 Å². The van der Waals surface area contributed by atoms with Gasteiger partial charge in [-0.15, -0.1) is 0 Å². The molecular weight excluding hydrogens is 330 g/mol. The number of hydrogen-bond acceptors (Lipinski definition) is 2. The van der Waals surface area contributed by atoms with Crippen molar-refractivity contribution in [3.8, 4) is 11.1 Å². The molecule has 0 amide bonds. The van der Waals surface area contributed by atoms with Gasteiger partial charge in [0.15, 0.2) is 0 Å². The van der Waals surface area contributed by atoms with Gasteiger partial charge in [0.05, 0.1) is 0 Å². The predicted molar refractivity (Wildman–Crippen MR) is 104 cm³/mol. The second-order valence-electron chi connectivity index (χ2n) is 7.38. The number of hydrogen-bond donors (Lipinski definition) is 1. The molecule has 0 saturated heterocycles. The third kappa shape index (κ3) is 5.04. The summed E-state index contributed by atoms with van der Waals surface area (Å²) in [7, 11) is 4.13. The average Bonchev–Trinajstić information content (AvgIpc) is 3.45. The lowest BCUT2D eigenvalue weighted by Crippen LogP contribution is -2.34. The van der Waals surface area contributed by atoms with Crippen molar-refractivity contribution in [1.29, 1.82) is 0 Å². The molecule has 1 fully saturated rings. The summed E-state index contributed by atoms with van der Waals surface area (Å²) >= 11 is 0. The monoisotopic (exact) mass is 358 g/mol. The highest BCUT2D eigenvalue weighted by Crippen LogP contribution is 2.35. The van der Waals surface area contributed by atoms with Gasteiger partial charge in [-0.25, -0.2) is 8.78 Å². The highest BCUT2D eigenvalue weighted by Gasteiger charge is 2.24. The lowest BCUT2D eigenvalue weighted by Gasteiger charge is -2.30. The summed E-state index contributed by atoms with van der Waals surface area (Å²) in [6.07, 6.45) is 6.40. The Morgan fingerprint density at radius 2 is 1.65 bits per heavy atom. The van der Waals surface area contributed by atoms with Crippen molar-refractivity contribution in [2.45, 2.75) is 38.1 Å². The van der Waals surface area contributed by atoms with Gasteiger partial charge < -0.3 is 10.2 Å². The first-order chi connectivity index (χ1) is 12.6. The lowest BCUT2D eigenvalue weighted by atomic mass is 10.0. The number of nitrogens with zero attached hydrogens (tertiary/aromatic N) is 1. The fraction of sp³-hybridized carbons (Fsp3) is 0.455. The van der Waals surface area contributed by atoms with E-state index in [0.29, 0.717) is 11.6 Å². The summed E-state index contributed by atoms with van der Waals surface area (Å²) in [5.41, 5.74) is 2.53. The van der Waals surface area contributed by atoms with Crippen molar-refractivity contribution in [1.82, 2.24) is 5.32 Å². The van der Waals surface area contributed by atoms with Gasteiger partial charge in [0.25, 0.3) is 0 Å². The summed E-state index contributed by atoms with van der Waals surface area (Å²) in [5, 5.41) is 3.25. The van der Waals surface area contributed by atoms with Gasteiger partial charge in [0.2, 0.25) is 0 Å². The molecule has 1 saturated carbocycles. The summed E-state index contributed by atoms with van der Waals surface area (Å²) in [4.78, 5) is 2.34. The van der Waals surface area contributed by atoms with Gasteiger partial charge in [-0.2, -0.15) is 0 Å². The summed E-state index contributed by atoms with van der Waals surface area (Å²) < 4.78 is 26.9. The fourth-order valence-corrected chi connectivity index (χ4v) is 3.50. The Kier molecular flexibility index (Phi) is 6.25. The van der Waals surface area contributed by atoms with Gasteiger partial charge in [-0.05, 0) is 74.2 Å². The molecule has 2 aromatic rings. The SMILES string of the molecule is CNCCC(CCC1CC1)N(C)c1ccc(-c2cc(F)cc(F)c2)cc1. The molecule has 1 aliphatic rings. The van der Waals surface area contributed by atoms with E-state index >= 15 is 0 Å². The van der Waals surface area contributed by atoms with Crippen molar-refractivity contribution in [3.05, 3.63) is 54.1 Å². The molecule has 0 spiro atoms. The highest BCUT2D eigenvalue weighted by atomic mass is 19.1. The van der Waals surface area contributed by atoms with Gasteiger partial charge >= 0.3 is 0 Å². The van der Waals surface area contributed by atoms with E-state index in [0.717, 1.165) is 36.2 Å². The Balaban J connectivity index is 1.71. The number of rotatable bonds is 9. The molecule has 140 valence electrons. The van der Waals surface area contributed by atoms with Gasteiger partial charge in [0, 0.05) is 24.8 Å². The predicted octanol–water partition coefficient (Wildman–Crippen LogP) is 5.24. The third-order valence-electron chi connectivity index (χ3n) is 5.35. The number of nitrogens with one attached hydrogen (secondary N) is 1. The second-order valence-corrected chi connectivity index (χ2v) is 7.38. The minimum atomic E-state index is -0.548. The van der Waals surface area contributed by atoms with Crippen LogP contribution in [0.4, 0.5) is 14.5 Å². The van der Waals surface area contributed by atoms with Crippen LogP contribution in [0.25, 0.3) is 11.1 Å². The minimum Gasteiger partial charge on any atom is -0.372 e. The first-order valence-electron chi connectivity index (χ1n) is 9.51. The van der Waals surface area contributed by atoms with Crippen molar-refractivity contribution >= 4 is 5.69 Å². The molecule has 0 bridgehead atoms. The van der Waals surface area contributed by atoms with E-state index in [2.05, 4.69) is 17.3 Å². The van der Waals surface area contributed by atoms with E-state index < -0.39 is 11.6 Å². The van der Waals surface area contributed by atoms with Crippen LogP contribution >= 0.6 is 0 Å². The molecule has 2 aromatic carbocycles. The maximum atomic E-state index is 13.4. The first-order valence-corrected chi connectivity index (χ1v) is 9.51. The Labute approximate surface area is 155 Å². The zero-order valence-electron chi connectivity index (χ0n) is 15.6. The molecular formula is C22H28F2N2. The summed E-state index contributed by atoms with van der Waals surface area (Å²) in [6, 6.07) is 12.1. The van der Waals surface area contributed by atoms with Crippen molar-refractivity contribution in [2.24, 2.45) is 5.92 Å². The third-order valence-corrected chi connectivity index (χ3v) is 5.35. The second kappa shape index (κ2) is 8.63. The van der Waals surface area contributed by atoms with E-state index in [1.807, 2.05) is 31.3 Å². The number of halogens is 2. The Bertz CT molecular complexity index is 690. The molecule has 0 heterocycles. The molecule has 0 aromatic heterocycles. The maximum Gasteiger partial charge on any atom is 0.126 e. The molecule has 3 rings (SSSR count). The molecule has 1 atom stereocenters. The zero-order chi connectivity index (χ0) is 18.5. The smallest absolute Gasteiger partial charge is 0.126 e. The van der Waals surface area contributed by atoms with Crippen LogP contribution in [-0.2, 0) is 0 Å². The molecule has 4 heteroatoms. The van der Waals surface area contributed by atoms with Gasteiger partial charge in [0.1, 0.15) is 11.6 Å². The summed E-state index contributed by atoms with van der Waals surface area (Å²) in [6.45, 7) is 1.00. The fourth-order valence-electron chi connectivity index (χ4n) is 3.50. The van der Waals surface area contributed by atoms with E-state index in [1.165, 1.54) is 37.8 Å². The summed E-state index contributed by atoms with van der Waals surface area (Å²) in [5.74, 6) is -0.160. The van der Waals surface area contributed by atoms with E-state index in [1.54, 1.807) is 0 Å². The van der Waals surface area contributed by atoms with Crippen LogP contribution in [0.3, 0.4) is 0 Å². The highest BCUT2D eigenvalue weighted by molar-refractivity contribution is 5.66. The molecule has 1 unspecified atom stereocenters. The van der Waals surface area contributed by atoms with Gasteiger partial charge in [-0.3, -0.25) is 0 Å². The zero-order valence-corrected chi connectivity index (χ0v) is 15.6. The van der Waals surface area contributed by atoms with Crippen LogP contribution in [0.5, 0.6) is 0 Å². The molecule has 1 aliphatic carbocycles. The topological polar surface area (TPSA) is 15.3 Å². The lowest BCUT2D eigenvalue weighted by molar-refractivity contribution is 0.494. The van der Waals surface area contributed by atoms with Crippen LogP contribution in [0.15, 0.2) is 42.5 Å². The average molecular weight is 358 g/mol. The van der Waals surface area contributed by atoms with Crippen LogP contribution in [0.1, 0.15) is 32.1 Å². The largest absolute Gasteiger partial charge is 0.372 e. The molecule has 1 N–H and O–H groups in total.